The van der Waals surface area contributed by atoms with Crippen molar-refractivity contribution in [2.75, 3.05) is 0 Å². The van der Waals surface area contributed by atoms with Crippen LogP contribution in [0.3, 0.4) is 0 Å². The Morgan fingerprint density at radius 1 is 0.556 bits per heavy atom. The molecular formula is C18H12N6OS2. The molecule has 3 aromatic heterocycles. The van der Waals surface area contributed by atoms with Gasteiger partial charge < -0.3 is 4.52 Å². The summed E-state index contributed by atoms with van der Waals surface area (Å²) in [5, 5.41) is 14.9. The van der Waals surface area contributed by atoms with Gasteiger partial charge in [0.15, 0.2) is 5.58 Å². The lowest BCUT2D eigenvalue weighted by Crippen LogP contribution is -1.63. The number of nitrogens with zero attached hydrogens (tertiary/aromatic N) is 6. The van der Waals surface area contributed by atoms with Crippen LogP contribution in [0.25, 0.3) is 31.5 Å². The molecule has 0 fully saturated rings. The summed E-state index contributed by atoms with van der Waals surface area (Å²) in [5.74, 6) is 0. The molecule has 0 aliphatic heterocycles. The molecule has 132 valence electrons. The summed E-state index contributed by atoms with van der Waals surface area (Å²) in [7, 11) is 0. The van der Waals surface area contributed by atoms with Gasteiger partial charge in [0.05, 0.1) is 9.40 Å². The molecule has 3 aromatic carbocycles. The van der Waals surface area contributed by atoms with Crippen molar-refractivity contribution < 1.29 is 4.52 Å². The lowest BCUT2D eigenvalue weighted by atomic mass is 10.3. The minimum atomic E-state index is 0.734. The summed E-state index contributed by atoms with van der Waals surface area (Å²) in [5.41, 5.74) is 3.51. The first-order valence-corrected chi connectivity index (χ1v) is 9.46. The van der Waals surface area contributed by atoms with Crippen molar-refractivity contribution in [1.82, 2.24) is 29.5 Å². The summed E-state index contributed by atoms with van der Waals surface area (Å²) in [6, 6.07) is 23.3. The number of benzene rings is 3. The zero-order valence-corrected chi connectivity index (χ0v) is 15.5. The van der Waals surface area contributed by atoms with Crippen LogP contribution in [0.1, 0.15) is 0 Å². The van der Waals surface area contributed by atoms with Gasteiger partial charge in [-0.15, -0.1) is 15.3 Å². The number of para-hydroxylation sites is 1. The highest BCUT2D eigenvalue weighted by molar-refractivity contribution is 7.13. The maximum absolute atomic E-state index is 4.76. The first-order chi connectivity index (χ1) is 13.4. The summed E-state index contributed by atoms with van der Waals surface area (Å²) in [6.45, 7) is 0. The molecule has 6 rings (SSSR count). The topological polar surface area (TPSA) is 90.5 Å². The maximum Gasteiger partial charge on any atom is 0.187 e. The number of hydrogen-bond acceptors (Lipinski definition) is 9. The van der Waals surface area contributed by atoms with Crippen molar-refractivity contribution in [1.29, 1.82) is 0 Å². The van der Waals surface area contributed by atoms with Crippen LogP contribution >= 0.6 is 23.1 Å². The van der Waals surface area contributed by atoms with Crippen molar-refractivity contribution in [2.45, 2.75) is 0 Å². The monoisotopic (exact) mass is 392 g/mol. The van der Waals surface area contributed by atoms with Crippen LogP contribution < -0.4 is 0 Å². The quantitative estimate of drug-likeness (QED) is 0.373. The molecule has 0 unspecified atom stereocenters. The van der Waals surface area contributed by atoms with Gasteiger partial charge in [0.25, 0.3) is 0 Å². The van der Waals surface area contributed by atoms with Gasteiger partial charge in [-0.3, -0.25) is 0 Å². The fraction of sp³-hybridized carbons (Fsp3) is 0. The van der Waals surface area contributed by atoms with Crippen molar-refractivity contribution in [2.24, 2.45) is 0 Å². The molecule has 3 heterocycles. The molecule has 0 amide bonds. The van der Waals surface area contributed by atoms with Crippen LogP contribution in [-0.4, -0.2) is 29.5 Å². The number of hydrogen-bond donors (Lipinski definition) is 0. The van der Waals surface area contributed by atoms with Gasteiger partial charge in [-0.05, 0) is 59.5 Å². The fourth-order valence-electron chi connectivity index (χ4n) is 2.18. The fourth-order valence-corrected chi connectivity index (χ4v) is 3.29. The molecule has 0 N–H and O–H groups in total. The zero-order valence-electron chi connectivity index (χ0n) is 13.8. The smallest absolute Gasteiger partial charge is 0.187 e. The number of aromatic nitrogens is 6. The van der Waals surface area contributed by atoms with Gasteiger partial charge in [-0.1, -0.05) is 45.4 Å². The third kappa shape index (κ3) is 4.27. The lowest BCUT2D eigenvalue weighted by molar-refractivity contribution is 0.424. The second kappa shape index (κ2) is 8.39. The molecule has 0 aliphatic carbocycles. The predicted molar refractivity (Wildman–Crippen MR) is 107 cm³/mol. The molecule has 0 radical (unpaired) electrons. The summed E-state index contributed by atoms with van der Waals surface area (Å²) >= 11 is 2.85. The molecule has 0 bridgehead atoms. The molecule has 9 heteroatoms. The van der Waals surface area contributed by atoms with E-state index in [0.717, 1.165) is 31.5 Å². The lowest BCUT2D eigenvalue weighted by Gasteiger charge is -1.78. The Hall–Kier alpha value is -3.30. The van der Waals surface area contributed by atoms with E-state index < -0.39 is 0 Å². The molecule has 6 aromatic rings. The van der Waals surface area contributed by atoms with Gasteiger partial charge in [0.2, 0.25) is 0 Å². The summed E-state index contributed by atoms with van der Waals surface area (Å²) in [4.78, 5) is 0. The van der Waals surface area contributed by atoms with Crippen LogP contribution in [0.15, 0.2) is 77.3 Å². The Morgan fingerprint density at radius 2 is 1.07 bits per heavy atom. The molecule has 0 spiro atoms. The highest BCUT2D eigenvalue weighted by Gasteiger charge is 1.94. The van der Waals surface area contributed by atoms with E-state index >= 15 is 0 Å². The standard InChI is InChI=1S/C6H4N2O.2C6H4N2S/c3*1-2-4-6-5(3-1)7-8-9-6/h3*1-4H. The van der Waals surface area contributed by atoms with E-state index in [0.29, 0.717) is 0 Å². The molecule has 7 nitrogen and oxygen atoms in total. The van der Waals surface area contributed by atoms with Crippen LogP contribution in [-0.2, 0) is 0 Å². The van der Waals surface area contributed by atoms with E-state index in [-0.39, 0.29) is 0 Å². The van der Waals surface area contributed by atoms with Gasteiger partial charge in [-0.2, -0.15) is 0 Å². The first-order valence-electron chi connectivity index (χ1n) is 7.91. The Kier molecular flexibility index (Phi) is 5.32. The Bertz CT molecular complexity index is 1010. The van der Waals surface area contributed by atoms with Crippen LogP contribution in [0, 0.1) is 0 Å². The van der Waals surface area contributed by atoms with E-state index in [1.54, 1.807) is 0 Å². The predicted octanol–water partition coefficient (Wildman–Crippen LogP) is 4.61. The second-order valence-electron chi connectivity index (χ2n) is 5.22. The number of rotatable bonds is 0. The normalized spacial score (nSPS) is 10.2. The highest BCUT2D eigenvalue weighted by Crippen LogP contribution is 2.13. The van der Waals surface area contributed by atoms with E-state index in [4.69, 9.17) is 4.52 Å². The third-order valence-electron chi connectivity index (χ3n) is 3.46. The third-order valence-corrected chi connectivity index (χ3v) is 4.87. The average Bonchev–Trinajstić information content (AvgIpc) is 3.48. The van der Waals surface area contributed by atoms with Crippen LogP contribution in [0.5, 0.6) is 0 Å². The maximum atomic E-state index is 4.76. The second-order valence-corrected chi connectivity index (χ2v) is 6.79. The summed E-state index contributed by atoms with van der Waals surface area (Å²) < 4.78 is 14.6. The molecule has 0 aliphatic rings. The van der Waals surface area contributed by atoms with Gasteiger partial charge in [0, 0.05) is 5.27 Å². The zero-order chi connectivity index (χ0) is 18.3. The summed E-state index contributed by atoms with van der Waals surface area (Å²) in [6.07, 6.45) is 0. The molecular weight excluding hydrogens is 380 g/mol. The van der Waals surface area contributed by atoms with Gasteiger partial charge in [0.1, 0.15) is 16.6 Å². The Labute approximate surface area is 161 Å². The van der Waals surface area contributed by atoms with Crippen LogP contribution in [0.4, 0.5) is 0 Å². The minimum Gasteiger partial charge on any atom is -0.337 e. The van der Waals surface area contributed by atoms with Gasteiger partial charge >= 0.3 is 0 Å². The van der Waals surface area contributed by atoms with E-state index in [1.807, 2.05) is 72.8 Å². The SMILES string of the molecule is c1ccc2onnc2c1.c1ccc2snnc2c1.c1ccc2snnc2c1. The molecule has 0 saturated heterocycles. The van der Waals surface area contributed by atoms with E-state index in [1.165, 1.54) is 23.1 Å². The Balaban J connectivity index is 0.0000001000. The minimum absolute atomic E-state index is 0.734. The number of fused-ring (bicyclic) bond motifs is 3. The highest BCUT2D eigenvalue weighted by atomic mass is 32.1. The van der Waals surface area contributed by atoms with Crippen molar-refractivity contribution in [3.05, 3.63) is 72.8 Å². The van der Waals surface area contributed by atoms with Crippen LogP contribution in [0.2, 0.25) is 0 Å². The molecule has 27 heavy (non-hydrogen) atoms. The van der Waals surface area contributed by atoms with E-state index in [9.17, 15) is 0 Å². The molecule has 0 atom stereocenters. The van der Waals surface area contributed by atoms with Crippen molar-refractivity contribution in [3.63, 3.8) is 0 Å². The van der Waals surface area contributed by atoms with Gasteiger partial charge in [-0.25, -0.2) is 0 Å². The van der Waals surface area contributed by atoms with E-state index in [2.05, 4.69) is 29.5 Å². The molecule has 0 saturated carbocycles. The van der Waals surface area contributed by atoms with Crippen molar-refractivity contribution in [3.8, 4) is 0 Å². The van der Waals surface area contributed by atoms with Crippen molar-refractivity contribution >= 4 is 54.6 Å². The average molecular weight is 392 g/mol. The largest absolute Gasteiger partial charge is 0.337 e. The Morgan fingerprint density at radius 3 is 1.63 bits per heavy atom. The first kappa shape index (κ1) is 17.1.